The van der Waals surface area contributed by atoms with Crippen molar-refractivity contribution >= 4 is 11.7 Å². The zero-order valence-electron chi connectivity index (χ0n) is 12.6. The molecule has 0 aliphatic carbocycles. The molecule has 0 aromatic heterocycles. The molecule has 0 bridgehead atoms. The van der Waals surface area contributed by atoms with Crippen LogP contribution in [0.2, 0.25) is 0 Å². The molecule has 0 aliphatic heterocycles. The Kier molecular flexibility index (Phi) is 7.44. The van der Waals surface area contributed by atoms with E-state index in [1.165, 1.54) is 0 Å². The number of carbonyl (C=O) groups is 1. The molecule has 3 N–H and O–H groups in total. The van der Waals surface area contributed by atoms with Crippen molar-refractivity contribution in [3.63, 3.8) is 0 Å². The van der Waals surface area contributed by atoms with E-state index in [0.717, 1.165) is 0 Å². The average molecular weight is 273 g/mol. The second kappa shape index (κ2) is 7.99. The summed E-state index contributed by atoms with van der Waals surface area (Å²) in [5, 5.41) is 11.9. The van der Waals surface area contributed by atoms with Crippen molar-refractivity contribution < 1.29 is 14.7 Å². The number of likely N-dealkylation sites (N-methyl/N-ethyl adjacent to an activating group) is 1. The van der Waals surface area contributed by atoms with E-state index in [0.29, 0.717) is 26.0 Å². The summed E-state index contributed by atoms with van der Waals surface area (Å²) in [5.74, 6) is -0.167. The molecule has 0 saturated heterocycles. The quantitative estimate of drug-likeness (QED) is 0.303. The first kappa shape index (κ1) is 17.7. The minimum Gasteiger partial charge on any atom is -0.409 e. The molecule has 19 heavy (non-hydrogen) atoms. The van der Waals surface area contributed by atoms with Gasteiger partial charge in [0.05, 0.1) is 12.7 Å². The molecule has 0 atom stereocenters. The topological polar surface area (TPSA) is 88.2 Å². The number of amidine groups is 1. The van der Waals surface area contributed by atoms with E-state index in [-0.39, 0.29) is 17.8 Å². The highest BCUT2D eigenvalue weighted by Crippen LogP contribution is 2.29. The lowest BCUT2D eigenvalue weighted by atomic mass is 9.79. The van der Waals surface area contributed by atoms with E-state index >= 15 is 0 Å². The van der Waals surface area contributed by atoms with Crippen LogP contribution in [0.5, 0.6) is 0 Å². The van der Waals surface area contributed by atoms with Gasteiger partial charge in [-0.1, -0.05) is 19.0 Å². The van der Waals surface area contributed by atoms with E-state index in [9.17, 15) is 4.79 Å². The van der Waals surface area contributed by atoms with Crippen LogP contribution in [-0.2, 0) is 9.53 Å². The Morgan fingerprint density at radius 2 is 1.95 bits per heavy atom. The first-order valence-corrected chi connectivity index (χ1v) is 6.70. The Labute approximate surface area is 115 Å². The number of hydrogen-bond donors (Lipinski definition) is 2. The Hall–Kier alpha value is -1.30. The smallest absolute Gasteiger partial charge is 0.236 e. The third-order valence-corrected chi connectivity index (χ3v) is 3.44. The van der Waals surface area contributed by atoms with Crippen LogP contribution in [0.15, 0.2) is 5.16 Å². The molecule has 0 fully saturated rings. The number of rotatable bonds is 8. The fourth-order valence-corrected chi connectivity index (χ4v) is 2.01. The molecule has 6 heteroatoms. The van der Waals surface area contributed by atoms with Crippen molar-refractivity contribution in [3.8, 4) is 0 Å². The van der Waals surface area contributed by atoms with Gasteiger partial charge in [0.25, 0.3) is 0 Å². The van der Waals surface area contributed by atoms with E-state index in [1.54, 1.807) is 11.9 Å². The van der Waals surface area contributed by atoms with Crippen LogP contribution in [0.4, 0.5) is 0 Å². The molecule has 0 unspecified atom stereocenters. The number of nitrogens with two attached hydrogens (primary N) is 1. The molecule has 1 amide bonds. The molecular formula is C13H27N3O3. The Morgan fingerprint density at radius 1 is 1.42 bits per heavy atom. The van der Waals surface area contributed by atoms with E-state index in [1.807, 2.05) is 27.7 Å². The van der Waals surface area contributed by atoms with Crippen LogP contribution in [0.3, 0.4) is 0 Å². The molecular weight excluding hydrogens is 246 g/mol. The fourth-order valence-electron chi connectivity index (χ4n) is 2.01. The molecule has 0 aromatic carbocycles. The minimum absolute atomic E-state index is 0.0286. The number of amides is 1. The van der Waals surface area contributed by atoms with Crippen molar-refractivity contribution in [2.45, 2.75) is 46.6 Å². The summed E-state index contributed by atoms with van der Waals surface area (Å²) in [5.41, 5.74) is 4.78. The summed E-state index contributed by atoms with van der Waals surface area (Å²) >= 11 is 0. The number of nitrogens with zero attached hydrogens (tertiary/aromatic N) is 2. The van der Waals surface area contributed by atoms with Gasteiger partial charge in [-0.15, -0.1) is 0 Å². The molecule has 0 radical (unpaired) electrons. The molecule has 0 rings (SSSR count). The maximum atomic E-state index is 12.5. The summed E-state index contributed by atoms with van der Waals surface area (Å²) in [6.45, 7) is 8.56. The lowest BCUT2D eigenvalue weighted by Gasteiger charge is -2.33. The highest BCUT2D eigenvalue weighted by atomic mass is 16.5. The van der Waals surface area contributed by atoms with Gasteiger partial charge < -0.3 is 20.6 Å². The average Bonchev–Trinajstić information content (AvgIpc) is 2.39. The summed E-state index contributed by atoms with van der Waals surface area (Å²) < 4.78 is 5.42. The van der Waals surface area contributed by atoms with Gasteiger partial charge in [0, 0.05) is 13.6 Å². The van der Waals surface area contributed by atoms with Gasteiger partial charge in [0.2, 0.25) is 5.91 Å². The molecule has 0 aliphatic rings. The van der Waals surface area contributed by atoms with Gasteiger partial charge in [-0.3, -0.25) is 4.79 Å². The Bertz CT molecular complexity index is 312. The van der Waals surface area contributed by atoms with E-state index in [2.05, 4.69) is 5.16 Å². The molecule has 0 spiro atoms. The predicted octanol–water partition coefficient (Wildman–Crippen LogP) is 1.42. The van der Waals surface area contributed by atoms with Gasteiger partial charge in [-0.05, 0) is 26.7 Å². The standard InChI is InChI=1S/C13H27N3O3/c1-6-13(7-2,11(14)15-18)12(17)16(5)8-9-19-10(3)4/h10,18H,6-9H2,1-5H3,(H2,14,15). The number of ether oxygens (including phenoxy) is 1. The third-order valence-electron chi connectivity index (χ3n) is 3.44. The Balaban J connectivity index is 4.82. The first-order valence-electron chi connectivity index (χ1n) is 6.70. The predicted molar refractivity (Wildman–Crippen MR) is 75.1 cm³/mol. The summed E-state index contributed by atoms with van der Waals surface area (Å²) in [6.07, 6.45) is 1.12. The zero-order valence-corrected chi connectivity index (χ0v) is 12.6. The first-order chi connectivity index (χ1) is 8.85. The third kappa shape index (κ3) is 4.38. The highest BCUT2D eigenvalue weighted by molar-refractivity contribution is 6.06. The molecule has 112 valence electrons. The van der Waals surface area contributed by atoms with Gasteiger partial charge >= 0.3 is 0 Å². The van der Waals surface area contributed by atoms with Crippen LogP contribution in [0.1, 0.15) is 40.5 Å². The summed E-state index contributed by atoms with van der Waals surface area (Å²) in [6, 6.07) is 0. The van der Waals surface area contributed by atoms with Crippen molar-refractivity contribution in [1.82, 2.24) is 4.90 Å². The van der Waals surface area contributed by atoms with E-state index < -0.39 is 5.41 Å². The summed E-state index contributed by atoms with van der Waals surface area (Å²) in [7, 11) is 1.71. The maximum absolute atomic E-state index is 12.5. The molecule has 6 nitrogen and oxygen atoms in total. The maximum Gasteiger partial charge on any atom is 0.236 e. The van der Waals surface area contributed by atoms with E-state index in [4.69, 9.17) is 15.7 Å². The van der Waals surface area contributed by atoms with Crippen molar-refractivity contribution in [2.24, 2.45) is 16.3 Å². The second-order valence-corrected chi connectivity index (χ2v) is 4.92. The van der Waals surface area contributed by atoms with Gasteiger partial charge in [-0.2, -0.15) is 0 Å². The number of carbonyl (C=O) groups excluding carboxylic acids is 1. The van der Waals surface area contributed by atoms with Gasteiger partial charge in [0.1, 0.15) is 5.41 Å². The largest absolute Gasteiger partial charge is 0.409 e. The fraction of sp³-hybridized carbons (Fsp3) is 0.846. The molecule has 0 heterocycles. The van der Waals surface area contributed by atoms with Crippen molar-refractivity contribution in [3.05, 3.63) is 0 Å². The van der Waals surface area contributed by atoms with Crippen LogP contribution in [-0.4, -0.2) is 48.2 Å². The monoisotopic (exact) mass is 273 g/mol. The summed E-state index contributed by atoms with van der Waals surface area (Å²) in [4.78, 5) is 14.1. The SMILES string of the molecule is CCC(CC)(C(=O)N(C)CCOC(C)C)C(N)=NO. The lowest BCUT2D eigenvalue weighted by molar-refractivity contribution is -0.138. The van der Waals surface area contributed by atoms with Crippen LogP contribution < -0.4 is 5.73 Å². The number of hydrogen-bond acceptors (Lipinski definition) is 4. The van der Waals surface area contributed by atoms with Crippen molar-refractivity contribution in [2.75, 3.05) is 20.2 Å². The number of oxime groups is 1. The Morgan fingerprint density at radius 3 is 2.32 bits per heavy atom. The minimum atomic E-state index is -0.929. The normalized spacial score (nSPS) is 12.8. The van der Waals surface area contributed by atoms with Crippen LogP contribution >= 0.6 is 0 Å². The van der Waals surface area contributed by atoms with Crippen LogP contribution in [0.25, 0.3) is 0 Å². The van der Waals surface area contributed by atoms with Gasteiger partial charge in [0.15, 0.2) is 5.84 Å². The zero-order chi connectivity index (χ0) is 15.1. The molecule has 0 saturated carbocycles. The molecule has 0 aromatic rings. The van der Waals surface area contributed by atoms with Gasteiger partial charge in [-0.25, -0.2) is 0 Å². The van der Waals surface area contributed by atoms with Crippen LogP contribution in [0, 0.1) is 5.41 Å². The van der Waals surface area contributed by atoms with Crippen molar-refractivity contribution in [1.29, 1.82) is 0 Å². The lowest BCUT2D eigenvalue weighted by Crippen LogP contribution is -2.50. The highest BCUT2D eigenvalue weighted by Gasteiger charge is 2.41. The second-order valence-electron chi connectivity index (χ2n) is 4.92.